The van der Waals surface area contributed by atoms with E-state index >= 15 is 0 Å². The average Bonchev–Trinajstić information content (AvgIpc) is 3.27. The lowest BCUT2D eigenvalue weighted by Gasteiger charge is -2.11. The van der Waals surface area contributed by atoms with Crippen molar-refractivity contribution in [3.8, 4) is 11.1 Å². The lowest BCUT2D eigenvalue weighted by Crippen LogP contribution is -2.12. The number of allylic oxidation sites excluding steroid dienone is 2. The summed E-state index contributed by atoms with van der Waals surface area (Å²) in [5.41, 5.74) is 5.92. The second kappa shape index (κ2) is 13.1. The molecule has 0 amide bonds. The fourth-order valence-corrected chi connectivity index (χ4v) is 4.60. The molecule has 186 valence electrons. The Morgan fingerprint density at radius 1 is 0.861 bits per heavy atom. The van der Waals surface area contributed by atoms with E-state index in [2.05, 4.69) is 48.6 Å². The zero-order valence-corrected chi connectivity index (χ0v) is 21.6. The molecule has 0 bridgehead atoms. The van der Waals surface area contributed by atoms with Crippen LogP contribution in [-0.2, 0) is 16.0 Å². The number of benzene rings is 3. The second-order valence-electron chi connectivity index (χ2n) is 9.26. The molecule has 1 atom stereocenters. The van der Waals surface area contributed by atoms with E-state index < -0.39 is 12.2 Å². The van der Waals surface area contributed by atoms with E-state index in [0.717, 1.165) is 23.1 Å². The van der Waals surface area contributed by atoms with Gasteiger partial charge >= 0.3 is 5.97 Å². The Labute approximate surface area is 219 Å². The number of aryl methyl sites for hydroxylation is 1. The molecule has 4 heteroatoms. The molecule has 0 saturated carbocycles. The highest BCUT2D eigenvalue weighted by Crippen LogP contribution is 2.28. The molecule has 0 radical (unpaired) electrons. The van der Waals surface area contributed by atoms with Crippen LogP contribution in [0.3, 0.4) is 0 Å². The summed E-state index contributed by atoms with van der Waals surface area (Å²) in [5, 5.41) is 3.60. The summed E-state index contributed by atoms with van der Waals surface area (Å²) in [6, 6.07) is 26.7. The molecule has 3 nitrogen and oxygen atoms in total. The lowest BCUT2D eigenvalue weighted by atomic mass is 10.00. The molecule has 1 fully saturated rings. The van der Waals surface area contributed by atoms with E-state index in [9.17, 15) is 4.79 Å². The molecule has 36 heavy (non-hydrogen) atoms. The van der Waals surface area contributed by atoms with Gasteiger partial charge in [-0.25, -0.2) is 4.79 Å². The molecule has 3 aromatic rings. The van der Waals surface area contributed by atoms with Gasteiger partial charge < -0.3 is 10.1 Å². The zero-order chi connectivity index (χ0) is 25.2. The Hall–Kier alpha value is -3.30. The fourth-order valence-electron chi connectivity index (χ4n) is 4.36. The van der Waals surface area contributed by atoms with Crippen molar-refractivity contribution in [2.75, 3.05) is 0 Å². The monoisotopic (exact) mass is 499 g/mol. The Balaban J connectivity index is 1.33. The summed E-state index contributed by atoms with van der Waals surface area (Å²) < 4.78 is 5.54. The number of carbonyl (C=O) groups is 1. The second-order valence-corrected chi connectivity index (χ2v) is 9.70. The predicted molar refractivity (Wildman–Crippen MR) is 149 cm³/mol. The van der Waals surface area contributed by atoms with Crippen LogP contribution in [0.15, 0.2) is 95.7 Å². The molecule has 0 spiro atoms. The first-order valence-electron chi connectivity index (χ1n) is 12.9. The first kappa shape index (κ1) is 25.8. The summed E-state index contributed by atoms with van der Waals surface area (Å²) in [6.45, 7) is 2.26. The minimum Gasteiger partial charge on any atom is -0.433 e. The Morgan fingerprint density at radius 2 is 1.50 bits per heavy atom. The van der Waals surface area contributed by atoms with E-state index in [1.54, 1.807) is 6.08 Å². The number of cyclic esters (lactones) is 1. The summed E-state index contributed by atoms with van der Waals surface area (Å²) in [6.07, 6.45) is 12.0. The quantitative estimate of drug-likeness (QED) is 0.163. The molecule has 1 unspecified atom stereocenters. The molecular formula is C32H34ClNO2. The lowest BCUT2D eigenvalue weighted by molar-refractivity contribution is -0.139. The molecule has 1 saturated heterocycles. The van der Waals surface area contributed by atoms with E-state index in [-0.39, 0.29) is 0 Å². The highest BCUT2D eigenvalue weighted by atomic mass is 35.5. The standard InChI is InChI=1S/C32H34ClNO2/c1-2-3-4-5-6-8-11-24-14-16-26(17-15-24)27-18-20-28(21-19-27)31-34-30(32(35)36-31)23-29(33)22-25-12-9-7-10-13-25/h7,9-10,12-23,31,34H,2-6,8,11H2,1H3/b29-22-,30-23-. The van der Waals surface area contributed by atoms with Crippen molar-refractivity contribution in [1.82, 2.24) is 5.32 Å². The SMILES string of the molecule is CCCCCCCCc1ccc(-c2ccc(C3N/C(=C\C(Cl)=C\c4ccccc4)C(=O)O3)cc2)cc1. The Kier molecular flexibility index (Phi) is 9.40. The van der Waals surface area contributed by atoms with Crippen LogP contribution in [0.25, 0.3) is 17.2 Å². The van der Waals surface area contributed by atoms with Gasteiger partial charge in [0.05, 0.1) is 0 Å². The molecule has 1 aliphatic heterocycles. The summed E-state index contributed by atoms with van der Waals surface area (Å²) in [4.78, 5) is 12.4. The predicted octanol–water partition coefficient (Wildman–Crippen LogP) is 8.57. The highest BCUT2D eigenvalue weighted by molar-refractivity contribution is 6.33. The maximum atomic E-state index is 12.4. The van der Waals surface area contributed by atoms with Gasteiger partial charge in [0.2, 0.25) is 0 Å². The number of rotatable bonds is 11. The van der Waals surface area contributed by atoms with Gasteiger partial charge in [0.1, 0.15) is 5.70 Å². The van der Waals surface area contributed by atoms with Gasteiger partial charge in [0, 0.05) is 10.6 Å². The van der Waals surface area contributed by atoms with Crippen molar-refractivity contribution < 1.29 is 9.53 Å². The van der Waals surface area contributed by atoms with Gasteiger partial charge in [-0.2, -0.15) is 0 Å². The number of carbonyl (C=O) groups excluding carboxylic acids is 1. The smallest absolute Gasteiger partial charge is 0.356 e. The number of esters is 1. The van der Waals surface area contributed by atoms with Crippen molar-refractivity contribution >= 4 is 23.6 Å². The third-order valence-corrected chi connectivity index (χ3v) is 6.66. The summed E-state index contributed by atoms with van der Waals surface area (Å²) in [7, 11) is 0. The van der Waals surface area contributed by atoms with Gasteiger partial charge in [0.25, 0.3) is 0 Å². The van der Waals surface area contributed by atoms with Gasteiger partial charge in [-0.05, 0) is 47.2 Å². The van der Waals surface area contributed by atoms with E-state index in [1.807, 2.05) is 48.5 Å². The molecule has 0 aromatic heterocycles. The first-order valence-corrected chi connectivity index (χ1v) is 13.3. The van der Waals surface area contributed by atoms with Gasteiger partial charge in [-0.15, -0.1) is 0 Å². The highest BCUT2D eigenvalue weighted by Gasteiger charge is 2.29. The molecule has 1 N–H and O–H groups in total. The minimum absolute atomic E-state index is 0.349. The maximum Gasteiger partial charge on any atom is 0.356 e. The molecule has 0 aliphatic carbocycles. The molecule has 1 heterocycles. The molecular weight excluding hydrogens is 466 g/mol. The summed E-state index contributed by atoms with van der Waals surface area (Å²) in [5.74, 6) is -0.412. The van der Waals surface area contributed by atoms with E-state index in [0.29, 0.717) is 10.7 Å². The Morgan fingerprint density at radius 3 is 2.19 bits per heavy atom. The number of unbranched alkanes of at least 4 members (excludes halogenated alkanes) is 5. The topological polar surface area (TPSA) is 38.3 Å². The van der Waals surface area contributed by atoms with Gasteiger partial charge in [0.15, 0.2) is 6.23 Å². The third-order valence-electron chi connectivity index (χ3n) is 6.44. The van der Waals surface area contributed by atoms with Crippen molar-refractivity contribution in [2.24, 2.45) is 0 Å². The van der Waals surface area contributed by atoms with E-state index in [1.165, 1.54) is 49.7 Å². The largest absolute Gasteiger partial charge is 0.433 e. The molecule has 3 aromatic carbocycles. The molecule has 1 aliphatic rings. The summed E-state index contributed by atoms with van der Waals surface area (Å²) >= 11 is 6.34. The van der Waals surface area contributed by atoms with Crippen LogP contribution in [0.5, 0.6) is 0 Å². The number of hydrogen-bond acceptors (Lipinski definition) is 3. The van der Waals surface area contributed by atoms with Crippen LogP contribution < -0.4 is 5.32 Å². The van der Waals surface area contributed by atoms with Crippen LogP contribution in [-0.4, -0.2) is 5.97 Å². The molecule has 4 rings (SSSR count). The zero-order valence-electron chi connectivity index (χ0n) is 20.9. The van der Waals surface area contributed by atoms with Crippen molar-refractivity contribution in [3.63, 3.8) is 0 Å². The minimum atomic E-state index is -0.529. The van der Waals surface area contributed by atoms with Crippen LogP contribution in [0.4, 0.5) is 0 Å². The van der Waals surface area contributed by atoms with Crippen LogP contribution in [0.1, 0.15) is 68.4 Å². The number of halogens is 1. The van der Waals surface area contributed by atoms with Gasteiger partial charge in [-0.3, -0.25) is 0 Å². The van der Waals surface area contributed by atoms with E-state index in [4.69, 9.17) is 16.3 Å². The first-order chi connectivity index (χ1) is 17.6. The number of hydrogen-bond donors (Lipinski definition) is 1. The number of ether oxygens (including phenoxy) is 1. The van der Waals surface area contributed by atoms with Crippen LogP contribution in [0, 0.1) is 0 Å². The van der Waals surface area contributed by atoms with Gasteiger partial charge in [-0.1, -0.05) is 129 Å². The van der Waals surface area contributed by atoms with Crippen molar-refractivity contribution in [2.45, 2.75) is 58.1 Å². The normalized spacial score (nSPS) is 16.7. The fraction of sp³-hybridized carbons (Fsp3) is 0.281. The third kappa shape index (κ3) is 7.35. The average molecular weight is 500 g/mol. The van der Waals surface area contributed by atoms with Crippen molar-refractivity contribution in [1.29, 1.82) is 0 Å². The number of nitrogens with one attached hydrogen (secondary N) is 1. The maximum absolute atomic E-state index is 12.4. The van der Waals surface area contributed by atoms with Crippen LogP contribution in [0.2, 0.25) is 0 Å². The van der Waals surface area contributed by atoms with Crippen LogP contribution >= 0.6 is 11.6 Å². The Bertz CT molecular complexity index is 1180. The van der Waals surface area contributed by atoms with Crippen molar-refractivity contribution in [3.05, 3.63) is 112 Å².